The van der Waals surface area contributed by atoms with Gasteiger partial charge in [0.25, 0.3) is 5.91 Å². The Morgan fingerprint density at radius 1 is 1.16 bits per heavy atom. The highest BCUT2D eigenvalue weighted by molar-refractivity contribution is 5.89. The highest BCUT2D eigenvalue weighted by Gasteiger charge is 2.67. The van der Waals surface area contributed by atoms with E-state index in [0.717, 1.165) is 19.3 Å². The number of carbonyl (C=O) groups is 2. The lowest BCUT2D eigenvalue weighted by molar-refractivity contribution is -0.216. The molecule has 0 bridgehead atoms. The Morgan fingerprint density at radius 2 is 1.72 bits per heavy atom. The molecule has 25 heavy (non-hydrogen) atoms. The zero-order valence-electron chi connectivity index (χ0n) is 16.5. The van der Waals surface area contributed by atoms with Crippen molar-refractivity contribution in [3.8, 4) is 0 Å². The molecule has 0 radical (unpaired) electrons. The van der Waals surface area contributed by atoms with Gasteiger partial charge in [0.15, 0.2) is 5.60 Å². The molecule has 3 aliphatic rings. The van der Waals surface area contributed by atoms with Crippen LogP contribution in [-0.2, 0) is 19.1 Å². The predicted molar refractivity (Wildman–Crippen MR) is 93.9 cm³/mol. The van der Waals surface area contributed by atoms with Crippen LogP contribution in [0.25, 0.3) is 0 Å². The summed E-state index contributed by atoms with van der Waals surface area (Å²) in [6.45, 7) is 9.09. The van der Waals surface area contributed by atoms with Gasteiger partial charge in [-0.3, -0.25) is 14.5 Å². The lowest BCUT2D eigenvalue weighted by atomic mass is 9.71. The number of rotatable bonds is 3. The van der Waals surface area contributed by atoms with E-state index in [0.29, 0.717) is 19.4 Å². The molecule has 1 amide bonds. The summed E-state index contributed by atoms with van der Waals surface area (Å²) in [6, 6.07) is 0. The number of piperidine rings is 1. The standard InChI is InChI=1S/C19H32N2O4/c1-16(2)12-18(13-17(3,4)20(16)5)15(23)21(11-8-14(22)24-6)19(25-18)9-7-10-19/h7-13H2,1-6H3. The summed E-state index contributed by atoms with van der Waals surface area (Å²) < 4.78 is 11.4. The van der Waals surface area contributed by atoms with Crippen LogP contribution in [-0.4, -0.2) is 64.8 Å². The van der Waals surface area contributed by atoms with Crippen molar-refractivity contribution in [1.82, 2.24) is 9.80 Å². The molecule has 3 fully saturated rings. The second-order valence-electron chi connectivity index (χ2n) is 9.22. The van der Waals surface area contributed by atoms with E-state index >= 15 is 0 Å². The van der Waals surface area contributed by atoms with Crippen molar-refractivity contribution in [2.75, 3.05) is 20.7 Å². The van der Waals surface area contributed by atoms with Crippen LogP contribution >= 0.6 is 0 Å². The molecule has 0 atom stereocenters. The second kappa shape index (κ2) is 5.68. The van der Waals surface area contributed by atoms with E-state index in [1.54, 1.807) is 0 Å². The van der Waals surface area contributed by atoms with E-state index in [9.17, 15) is 9.59 Å². The molecule has 2 heterocycles. The van der Waals surface area contributed by atoms with Gasteiger partial charge in [-0.1, -0.05) is 0 Å². The Hall–Kier alpha value is -1.14. The molecule has 6 heteroatoms. The quantitative estimate of drug-likeness (QED) is 0.730. The molecule has 2 saturated heterocycles. The molecule has 142 valence electrons. The number of carbonyl (C=O) groups excluding carboxylic acids is 2. The fourth-order valence-corrected chi connectivity index (χ4v) is 5.10. The molecule has 0 aromatic rings. The fourth-order valence-electron chi connectivity index (χ4n) is 5.10. The minimum Gasteiger partial charge on any atom is -0.469 e. The van der Waals surface area contributed by atoms with Gasteiger partial charge in [0.1, 0.15) is 5.72 Å². The maximum absolute atomic E-state index is 13.5. The normalized spacial score (nSPS) is 29.0. The van der Waals surface area contributed by atoms with E-state index in [2.05, 4.69) is 39.6 Å². The zero-order chi connectivity index (χ0) is 18.7. The number of amides is 1. The Morgan fingerprint density at radius 3 is 2.16 bits per heavy atom. The first-order valence-electron chi connectivity index (χ1n) is 9.31. The highest BCUT2D eigenvalue weighted by atomic mass is 16.6. The number of methoxy groups -OCH3 is 1. The van der Waals surface area contributed by atoms with Gasteiger partial charge in [0.05, 0.1) is 13.5 Å². The molecule has 3 rings (SSSR count). The zero-order valence-corrected chi connectivity index (χ0v) is 16.5. The van der Waals surface area contributed by atoms with Gasteiger partial charge in [0.2, 0.25) is 0 Å². The lowest BCUT2D eigenvalue weighted by Gasteiger charge is -2.56. The smallest absolute Gasteiger partial charge is 0.307 e. The summed E-state index contributed by atoms with van der Waals surface area (Å²) >= 11 is 0. The van der Waals surface area contributed by atoms with E-state index in [4.69, 9.17) is 9.47 Å². The topological polar surface area (TPSA) is 59.1 Å². The Bertz CT molecular complexity index is 562. The molecule has 2 aliphatic heterocycles. The number of hydrogen-bond donors (Lipinski definition) is 0. The predicted octanol–water partition coefficient (Wildman–Crippen LogP) is 2.31. The summed E-state index contributed by atoms with van der Waals surface area (Å²) in [7, 11) is 3.51. The van der Waals surface area contributed by atoms with E-state index in [1.165, 1.54) is 7.11 Å². The average molecular weight is 352 g/mol. The molecule has 0 aromatic carbocycles. The van der Waals surface area contributed by atoms with Crippen LogP contribution < -0.4 is 0 Å². The van der Waals surface area contributed by atoms with Crippen LogP contribution in [0.15, 0.2) is 0 Å². The monoisotopic (exact) mass is 352 g/mol. The van der Waals surface area contributed by atoms with E-state index in [1.807, 2.05) is 4.90 Å². The summed E-state index contributed by atoms with van der Waals surface area (Å²) in [5.74, 6) is -0.224. The SMILES string of the molecule is COC(=O)CCN1C(=O)C2(CC(C)(C)N(C)C(C)(C)C2)OC12CCC2. The van der Waals surface area contributed by atoms with Gasteiger partial charge in [-0.05, 0) is 54.0 Å². The molecular weight excluding hydrogens is 320 g/mol. The highest BCUT2D eigenvalue weighted by Crippen LogP contribution is 2.55. The molecule has 6 nitrogen and oxygen atoms in total. The Balaban J connectivity index is 1.90. The van der Waals surface area contributed by atoms with Crippen molar-refractivity contribution < 1.29 is 19.1 Å². The minimum absolute atomic E-state index is 0.0605. The van der Waals surface area contributed by atoms with Gasteiger partial charge >= 0.3 is 5.97 Å². The van der Waals surface area contributed by atoms with Crippen LogP contribution in [0.4, 0.5) is 0 Å². The Labute approximate surface area is 150 Å². The van der Waals surface area contributed by atoms with Gasteiger partial charge < -0.3 is 14.4 Å². The molecule has 0 N–H and O–H groups in total. The maximum Gasteiger partial charge on any atom is 0.307 e. The van der Waals surface area contributed by atoms with Gasteiger partial charge in [-0.25, -0.2) is 0 Å². The third-order valence-corrected chi connectivity index (χ3v) is 6.67. The van der Waals surface area contributed by atoms with Crippen molar-refractivity contribution >= 4 is 11.9 Å². The summed E-state index contributed by atoms with van der Waals surface area (Å²) in [5.41, 5.74) is -1.56. The Kier molecular flexibility index (Phi) is 4.24. The van der Waals surface area contributed by atoms with Gasteiger partial charge in [-0.2, -0.15) is 0 Å². The van der Waals surface area contributed by atoms with Crippen LogP contribution in [0.1, 0.15) is 66.2 Å². The first-order valence-corrected chi connectivity index (χ1v) is 9.31. The number of ether oxygens (including phenoxy) is 2. The maximum atomic E-state index is 13.5. The average Bonchev–Trinajstić information content (AvgIpc) is 2.71. The van der Waals surface area contributed by atoms with Crippen molar-refractivity contribution in [1.29, 1.82) is 0 Å². The van der Waals surface area contributed by atoms with Gasteiger partial charge in [0, 0.05) is 30.5 Å². The molecule has 2 spiro atoms. The van der Waals surface area contributed by atoms with Gasteiger partial charge in [-0.15, -0.1) is 0 Å². The third-order valence-electron chi connectivity index (χ3n) is 6.67. The van der Waals surface area contributed by atoms with Crippen LogP contribution in [0.5, 0.6) is 0 Å². The van der Waals surface area contributed by atoms with E-state index in [-0.39, 0.29) is 29.4 Å². The largest absolute Gasteiger partial charge is 0.469 e. The first kappa shape index (κ1) is 18.6. The number of hydrogen-bond acceptors (Lipinski definition) is 5. The van der Waals surface area contributed by atoms with Crippen LogP contribution in [0.2, 0.25) is 0 Å². The third kappa shape index (κ3) is 2.78. The molecular formula is C19H32N2O4. The summed E-state index contributed by atoms with van der Waals surface area (Å²) in [5, 5.41) is 0. The fraction of sp³-hybridized carbons (Fsp3) is 0.895. The summed E-state index contributed by atoms with van der Waals surface area (Å²) in [4.78, 5) is 29.3. The van der Waals surface area contributed by atoms with E-state index < -0.39 is 11.3 Å². The van der Waals surface area contributed by atoms with Crippen LogP contribution in [0.3, 0.4) is 0 Å². The summed E-state index contributed by atoms with van der Waals surface area (Å²) in [6.07, 6.45) is 4.35. The van der Waals surface area contributed by atoms with Crippen molar-refractivity contribution in [2.45, 2.75) is 88.6 Å². The van der Waals surface area contributed by atoms with Crippen molar-refractivity contribution in [3.63, 3.8) is 0 Å². The van der Waals surface area contributed by atoms with Crippen LogP contribution in [0, 0.1) is 0 Å². The second-order valence-corrected chi connectivity index (χ2v) is 9.22. The minimum atomic E-state index is -0.782. The molecule has 1 saturated carbocycles. The number of nitrogens with zero attached hydrogens (tertiary/aromatic N) is 2. The molecule has 1 aliphatic carbocycles. The lowest BCUT2D eigenvalue weighted by Crippen LogP contribution is -2.66. The van der Waals surface area contributed by atoms with Crippen molar-refractivity contribution in [3.05, 3.63) is 0 Å². The number of esters is 1. The van der Waals surface area contributed by atoms with Crippen molar-refractivity contribution in [2.24, 2.45) is 0 Å². The first-order chi connectivity index (χ1) is 11.5. The number of likely N-dealkylation sites (tertiary alicyclic amines) is 1. The molecule has 0 unspecified atom stereocenters. The molecule has 0 aromatic heterocycles.